The summed E-state index contributed by atoms with van der Waals surface area (Å²) in [5.41, 5.74) is 0.854. The minimum Gasteiger partial charge on any atom is -0.618 e. The summed E-state index contributed by atoms with van der Waals surface area (Å²) in [6.45, 7) is 1.41. The largest absolute Gasteiger partial charge is 0.618 e. The average Bonchev–Trinajstić information content (AvgIpc) is 2.89. The van der Waals surface area contributed by atoms with Gasteiger partial charge in [-0.1, -0.05) is 41.9 Å². The first-order valence-electron chi connectivity index (χ1n) is 11.2. The third kappa shape index (κ3) is 5.44. The number of hydrogen-bond donors (Lipinski definition) is 2. The summed E-state index contributed by atoms with van der Waals surface area (Å²) in [5, 5.41) is 24.9. The van der Waals surface area contributed by atoms with Crippen LogP contribution in [0.15, 0.2) is 78.9 Å². The molecule has 0 saturated heterocycles. The number of rotatable bonds is 7. The van der Waals surface area contributed by atoms with E-state index in [1.165, 1.54) is 43.3 Å². The highest BCUT2D eigenvalue weighted by atomic mass is 35.5. The van der Waals surface area contributed by atoms with Gasteiger partial charge in [0.05, 0.1) is 21.7 Å². The first-order chi connectivity index (χ1) is 17.7. The topological polar surface area (TPSA) is 93.3 Å². The molecule has 6 nitrogen and oxygen atoms in total. The SMILES string of the molecule is Cc1c(-c2c(F)ccc(Cl)c2F)ccc(C(Cc2ccccc2)C(=O)Nc2ccc(C(=O)O)cc2)[n+]1[O-]. The smallest absolute Gasteiger partial charge is 0.335 e. The summed E-state index contributed by atoms with van der Waals surface area (Å²) < 4.78 is 29.7. The molecule has 37 heavy (non-hydrogen) atoms. The van der Waals surface area contributed by atoms with Crippen molar-refractivity contribution >= 4 is 29.2 Å². The third-order valence-electron chi connectivity index (χ3n) is 6.02. The molecule has 0 radical (unpaired) electrons. The first-order valence-corrected chi connectivity index (χ1v) is 11.6. The lowest BCUT2D eigenvalue weighted by molar-refractivity contribution is -0.620. The number of aromatic nitrogens is 1. The van der Waals surface area contributed by atoms with E-state index in [1.807, 2.05) is 18.2 Å². The van der Waals surface area contributed by atoms with E-state index >= 15 is 0 Å². The summed E-state index contributed by atoms with van der Waals surface area (Å²) in [4.78, 5) is 24.5. The Balaban J connectivity index is 1.74. The number of carbonyl (C=O) groups excluding carboxylic acids is 1. The summed E-state index contributed by atoms with van der Waals surface area (Å²) in [6, 6.07) is 19.5. The maximum Gasteiger partial charge on any atom is 0.335 e. The number of hydrogen-bond acceptors (Lipinski definition) is 3. The van der Waals surface area contributed by atoms with Gasteiger partial charge in [0.15, 0.2) is 11.5 Å². The Bertz CT molecular complexity index is 1480. The van der Waals surface area contributed by atoms with Crippen LogP contribution in [0.2, 0.25) is 5.02 Å². The average molecular weight is 523 g/mol. The molecular formula is C28H21ClF2N2O4. The number of carboxylic acids is 1. The zero-order valence-electron chi connectivity index (χ0n) is 19.5. The van der Waals surface area contributed by atoms with Crippen LogP contribution in [0.3, 0.4) is 0 Å². The second-order valence-corrected chi connectivity index (χ2v) is 8.79. The number of pyridine rings is 1. The molecule has 0 aliphatic heterocycles. The van der Waals surface area contributed by atoms with Crippen LogP contribution in [-0.4, -0.2) is 17.0 Å². The standard InChI is InChI=1S/C28H21ClF2N2O4/c1-16-20(25-23(30)13-12-22(29)26(25)31)11-14-24(33(16)37)21(15-17-5-3-2-4-6-17)27(34)32-19-9-7-18(8-10-19)28(35)36/h2-14,21H,15H2,1H3,(H,32,34)(H,35,36). The van der Waals surface area contributed by atoms with Crippen molar-refractivity contribution in [1.82, 2.24) is 0 Å². The summed E-state index contributed by atoms with van der Waals surface area (Å²) in [6.07, 6.45) is 0.167. The van der Waals surface area contributed by atoms with Crippen molar-refractivity contribution in [3.63, 3.8) is 0 Å². The van der Waals surface area contributed by atoms with Gasteiger partial charge in [0.2, 0.25) is 11.6 Å². The second kappa shape index (κ2) is 10.8. The van der Waals surface area contributed by atoms with Crippen molar-refractivity contribution in [1.29, 1.82) is 0 Å². The molecule has 1 heterocycles. The number of carboxylic acid groups (broad SMARTS) is 1. The Labute approximate surface area is 216 Å². The lowest BCUT2D eigenvalue weighted by Gasteiger charge is -2.19. The van der Waals surface area contributed by atoms with Crippen LogP contribution in [0.25, 0.3) is 11.1 Å². The Hall–Kier alpha value is -4.30. The maximum absolute atomic E-state index is 14.7. The van der Waals surface area contributed by atoms with Gasteiger partial charge in [-0.25, -0.2) is 13.6 Å². The van der Waals surface area contributed by atoms with E-state index in [-0.39, 0.29) is 34.0 Å². The van der Waals surface area contributed by atoms with Crippen LogP contribution in [0.4, 0.5) is 14.5 Å². The monoisotopic (exact) mass is 522 g/mol. The van der Waals surface area contributed by atoms with Crippen molar-refractivity contribution in [2.24, 2.45) is 0 Å². The van der Waals surface area contributed by atoms with Crippen molar-refractivity contribution in [2.45, 2.75) is 19.3 Å². The number of benzene rings is 3. The molecule has 9 heteroatoms. The summed E-state index contributed by atoms with van der Waals surface area (Å²) in [7, 11) is 0. The predicted octanol–water partition coefficient (Wildman–Crippen LogP) is 5.89. The summed E-state index contributed by atoms with van der Waals surface area (Å²) in [5.74, 6) is -4.44. The fourth-order valence-corrected chi connectivity index (χ4v) is 4.22. The van der Waals surface area contributed by atoms with Crippen molar-refractivity contribution in [3.05, 3.63) is 123 Å². The molecule has 0 bridgehead atoms. The van der Waals surface area contributed by atoms with Crippen molar-refractivity contribution in [3.8, 4) is 11.1 Å². The number of nitrogens with zero attached hydrogens (tertiary/aromatic N) is 1. The highest BCUT2D eigenvalue weighted by molar-refractivity contribution is 6.31. The van der Waals surface area contributed by atoms with Crippen LogP contribution in [0, 0.1) is 23.8 Å². The second-order valence-electron chi connectivity index (χ2n) is 8.38. The minimum absolute atomic E-state index is 0.00533. The van der Waals surface area contributed by atoms with Crippen LogP contribution in [0.1, 0.15) is 33.2 Å². The number of nitrogens with one attached hydrogen (secondary N) is 1. The fourth-order valence-electron chi connectivity index (χ4n) is 4.06. The molecule has 1 aromatic heterocycles. The van der Waals surface area contributed by atoms with Gasteiger partial charge in [-0.3, -0.25) is 4.79 Å². The molecule has 0 saturated carbocycles. The molecule has 3 aromatic carbocycles. The van der Waals surface area contributed by atoms with Gasteiger partial charge in [-0.15, -0.1) is 0 Å². The quantitative estimate of drug-likeness (QED) is 0.180. The first kappa shape index (κ1) is 25.8. The van der Waals surface area contributed by atoms with Crippen molar-refractivity contribution in [2.75, 3.05) is 5.32 Å². The van der Waals surface area contributed by atoms with Crippen molar-refractivity contribution < 1.29 is 28.2 Å². The van der Waals surface area contributed by atoms with E-state index < -0.39 is 35.0 Å². The minimum atomic E-state index is -1.10. The third-order valence-corrected chi connectivity index (χ3v) is 6.31. The van der Waals surface area contributed by atoms with Gasteiger partial charge in [-0.05, 0) is 54.4 Å². The van der Waals surface area contributed by atoms with E-state index in [2.05, 4.69) is 5.32 Å². The molecule has 1 unspecified atom stereocenters. The van der Waals surface area contributed by atoms with E-state index in [0.717, 1.165) is 17.7 Å². The Kier molecular flexibility index (Phi) is 7.50. The lowest BCUT2D eigenvalue weighted by atomic mass is 9.93. The van der Waals surface area contributed by atoms with Gasteiger partial charge in [0.25, 0.3) is 0 Å². The van der Waals surface area contributed by atoms with E-state index in [0.29, 0.717) is 10.4 Å². The zero-order valence-corrected chi connectivity index (χ0v) is 20.3. The molecule has 4 aromatic rings. The van der Waals surface area contributed by atoms with Gasteiger partial charge >= 0.3 is 5.97 Å². The predicted molar refractivity (Wildman–Crippen MR) is 135 cm³/mol. The molecule has 0 aliphatic rings. The van der Waals surface area contributed by atoms with E-state index in [1.54, 1.807) is 12.1 Å². The Morgan fingerprint density at radius 3 is 2.32 bits per heavy atom. The highest BCUT2D eigenvalue weighted by Gasteiger charge is 2.31. The number of aromatic carboxylic acids is 1. The van der Waals surface area contributed by atoms with Gasteiger partial charge in [0, 0.05) is 18.7 Å². The number of amides is 1. The molecule has 0 fully saturated rings. The van der Waals surface area contributed by atoms with Gasteiger partial charge in [0.1, 0.15) is 11.7 Å². The molecule has 1 amide bonds. The molecule has 1 atom stereocenters. The molecule has 0 spiro atoms. The highest BCUT2D eigenvalue weighted by Crippen LogP contribution is 2.33. The molecule has 2 N–H and O–H groups in total. The molecule has 4 rings (SSSR count). The normalized spacial score (nSPS) is 11.7. The molecular weight excluding hydrogens is 502 g/mol. The molecule has 188 valence electrons. The number of carbonyl (C=O) groups is 2. The van der Waals surface area contributed by atoms with E-state index in [4.69, 9.17) is 16.7 Å². The van der Waals surface area contributed by atoms with Gasteiger partial charge < -0.3 is 15.6 Å². The number of halogens is 3. The van der Waals surface area contributed by atoms with E-state index in [9.17, 15) is 23.6 Å². The zero-order chi connectivity index (χ0) is 26.7. The summed E-state index contributed by atoms with van der Waals surface area (Å²) >= 11 is 5.83. The Morgan fingerprint density at radius 2 is 1.68 bits per heavy atom. The van der Waals surface area contributed by atoms with Crippen LogP contribution in [-0.2, 0) is 11.2 Å². The number of anilines is 1. The van der Waals surface area contributed by atoms with Crippen LogP contribution >= 0.6 is 11.6 Å². The maximum atomic E-state index is 14.7. The van der Waals surface area contributed by atoms with Gasteiger partial charge in [-0.2, -0.15) is 4.73 Å². The lowest BCUT2D eigenvalue weighted by Crippen LogP contribution is -2.41. The Morgan fingerprint density at radius 1 is 1.00 bits per heavy atom. The van der Waals surface area contributed by atoms with Crippen LogP contribution in [0.5, 0.6) is 0 Å². The molecule has 0 aliphatic carbocycles. The fraction of sp³-hybridized carbons (Fsp3) is 0.107. The van der Waals surface area contributed by atoms with Crippen LogP contribution < -0.4 is 10.0 Å².